The second kappa shape index (κ2) is 11.0. The van der Waals surface area contributed by atoms with Crippen LogP contribution in [0, 0.1) is 34.5 Å². The molecule has 2 unspecified atom stereocenters. The topological polar surface area (TPSA) is 97.0 Å². The number of fused-ring (bicyclic) bond motifs is 5. The van der Waals surface area contributed by atoms with E-state index in [1.54, 1.807) is 4.90 Å². The third-order valence-electron chi connectivity index (χ3n) is 11.4. The van der Waals surface area contributed by atoms with E-state index in [1.807, 2.05) is 13.0 Å². The molecule has 0 spiro atoms. The minimum absolute atomic E-state index is 0.157. The third-order valence-corrected chi connectivity index (χ3v) is 11.4. The van der Waals surface area contributed by atoms with Gasteiger partial charge in [0.1, 0.15) is 6.17 Å². The largest absolute Gasteiger partial charge is 0.436 e. The van der Waals surface area contributed by atoms with Gasteiger partial charge in [0.15, 0.2) is 5.78 Å². The Hall–Kier alpha value is -1.80. The molecule has 3 N–H and O–H groups in total. The van der Waals surface area contributed by atoms with E-state index in [0.717, 1.165) is 31.4 Å². The lowest BCUT2D eigenvalue weighted by molar-refractivity contribution is -0.117. The summed E-state index contributed by atoms with van der Waals surface area (Å²) in [5.74, 6) is 2.60. The molecular formula is C30H47FN4O3. The zero-order valence-electron chi connectivity index (χ0n) is 23.5. The molecule has 8 atom stereocenters. The predicted molar refractivity (Wildman–Crippen MR) is 146 cm³/mol. The highest BCUT2D eigenvalue weighted by Gasteiger charge is 2.59. The number of hydrogen-bond donors (Lipinski definition) is 2. The number of nitrogens with two attached hydrogens (primary N) is 1. The Bertz CT molecular complexity index is 985. The molecule has 1 heterocycles. The first kappa shape index (κ1) is 27.8. The van der Waals surface area contributed by atoms with Crippen molar-refractivity contribution in [3.63, 3.8) is 0 Å². The second-order valence-corrected chi connectivity index (χ2v) is 13.2. The summed E-state index contributed by atoms with van der Waals surface area (Å²) in [6.07, 6.45) is 10.2. The molecule has 212 valence electrons. The van der Waals surface area contributed by atoms with E-state index in [9.17, 15) is 14.0 Å². The molecule has 1 amide bonds. The number of alkyl halides is 1. The Balaban J connectivity index is 1.23. The van der Waals surface area contributed by atoms with Gasteiger partial charge >= 0.3 is 6.09 Å². The Morgan fingerprint density at radius 3 is 2.71 bits per heavy atom. The Morgan fingerprint density at radius 2 is 1.97 bits per heavy atom. The zero-order valence-corrected chi connectivity index (χ0v) is 23.5. The van der Waals surface area contributed by atoms with E-state index < -0.39 is 12.3 Å². The lowest BCUT2D eigenvalue weighted by atomic mass is 9.46. The van der Waals surface area contributed by atoms with Gasteiger partial charge in [0.05, 0.1) is 5.71 Å². The fraction of sp³-hybridized carbons (Fsp3) is 0.833. The zero-order chi connectivity index (χ0) is 27.1. The number of carbonyl (C=O) groups excluding carboxylic acids is 2. The van der Waals surface area contributed by atoms with Crippen LogP contribution in [0.25, 0.3) is 0 Å². The smallest absolute Gasteiger partial charge is 0.329 e. The highest BCUT2D eigenvalue weighted by atomic mass is 19.1. The molecule has 0 bridgehead atoms. The fourth-order valence-corrected chi connectivity index (χ4v) is 9.24. The monoisotopic (exact) mass is 530 g/mol. The number of nitrogens with one attached hydrogen (secondary N) is 1. The quantitative estimate of drug-likeness (QED) is 0.274. The van der Waals surface area contributed by atoms with Crippen molar-refractivity contribution in [2.24, 2.45) is 45.4 Å². The van der Waals surface area contributed by atoms with Crippen molar-refractivity contribution in [1.29, 1.82) is 0 Å². The standard InChI is InChI=1S/C30H47FN4O3/c1-19(34-38-28(37)35(17-14-32)16-11-27-26(31)10-15-33-27)23-6-7-24-22-5-4-20-18-21(36)8-12-29(20,2)25(22)9-13-30(23,24)3/h18,22-27,33H,4-17,32H2,1-3H3/b34-19+/t22-,23+,24-,25-,26?,27?,29-,30+/m0/s1. The van der Waals surface area contributed by atoms with Gasteiger partial charge in [-0.3, -0.25) is 9.63 Å². The normalized spacial score (nSPS) is 40.7. The average molecular weight is 531 g/mol. The number of amides is 1. The van der Waals surface area contributed by atoms with Crippen LogP contribution in [0.2, 0.25) is 0 Å². The Kier molecular flexibility index (Phi) is 8.03. The Labute approximate surface area is 227 Å². The number of nitrogens with zero attached hydrogens (tertiary/aromatic N) is 2. The number of oxime groups is 1. The first-order chi connectivity index (χ1) is 18.2. The molecule has 0 radical (unpaired) electrons. The molecule has 0 aromatic rings. The summed E-state index contributed by atoms with van der Waals surface area (Å²) in [7, 11) is 0. The van der Waals surface area contributed by atoms with Crippen LogP contribution in [0.1, 0.15) is 85.0 Å². The van der Waals surface area contributed by atoms with Crippen LogP contribution in [0.4, 0.5) is 9.18 Å². The maximum absolute atomic E-state index is 14.0. The van der Waals surface area contributed by atoms with Crippen molar-refractivity contribution in [2.45, 2.75) is 97.2 Å². The van der Waals surface area contributed by atoms with Gasteiger partial charge in [-0.25, -0.2) is 9.18 Å². The van der Waals surface area contributed by atoms with Crippen LogP contribution in [-0.2, 0) is 9.63 Å². The molecule has 7 nitrogen and oxygen atoms in total. The van der Waals surface area contributed by atoms with Gasteiger partial charge in [0.2, 0.25) is 0 Å². The molecule has 38 heavy (non-hydrogen) atoms. The lowest BCUT2D eigenvalue weighted by Gasteiger charge is -2.58. The van der Waals surface area contributed by atoms with E-state index in [4.69, 9.17) is 10.6 Å². The second-order valence-electron chi connectivity index (χ2n) is 13.2. The molecular weight excluding hydrogens is 483 g/mol. The number of carbonyl (C=O) groups is 2. The molecule has 4 fully saturated rings. The van der Waals surface area contributed by atoms with Crippen LogP contribution in [-0.4, -0.2) is 60.9 Å². The van der Waals surface area contributed by atoms with E-state index >= 15 is 0 Å². The van der Waals surface area contributed by atoms with Gasteiger partial charge in [0.25, 0.3) is 0 Å². The highest BCUT2D eigenvalue weighted by Crippen LogP contribution is 2.66. The van der Waals surface area contributed by atoms with Crippen molar-refractivity contribution >= 4 is 17.6 Å². The summed E-state index contributed by atoms with van der Waals surface area (Å²) < 4.78 is 14.0. The number of hydrogen-bond acceptors (Lipinski definition) is 6. The van der Waals surface area contributed by atoms with Crippen molar-refractivity contribution in [2.75, 3.05) is 26.2 Å². The molecule has 8 heteroatoms. The first-order valence-electron chi connectivity index (χ1n) is 15.0. The van der Waals surface area contributed by atoms with Crippen LogP contribution in [0.3, 0.4) is 0 Å². The number of allylic oxidation sites excluding steroid dienone is 1. The van der Waals surface area contributed by atoms with Gasteiger partial charge in [-0.05, 0) is 106 Å². The summed E-state index contributed by atoms with van der Waals surface area (Å²) in [5.41, 5.74) is 8.39. The van der Waals surface area contributed by atoms with Gasteiger partial charge in [-0.1, -0.05) is 24.6 Å². The van der Waals surface area contributed by atoms with Crippen LogP contribution >= 0.6 is 0 Å². The van der Waals surface area contributed by atoms with Crippen molar-refractivity contribution in [3.05, 3.63) is 11.6 Å². The molecule has 3 saturated carbocycles. The fourth-order valence-electron chi connectivity index (χ4n) is 9.24. The van der Waals surface area contributed by atoms with Gasteiger partial charge in [-0.15, -0.1) is 0 Å². The molecule has 1 saturated heterocycles. The van der Waals surface area contributed by atoms with Crippen LogP contribution in [0.15, 0.2) is 16.8 Å². The lowest BCUT2D eigenvalue weighted by Crippen LogP contribution is -2.51. The first-order valence-corrected chi connectivity index (χ1v) is 15.0. The Morgan fingerprint density at radius 1 is 1.16 bits per heavy atom. The number of halogens is 1. The molecule has 4 aliphatic carbocycles. The number of ketones is 1. The van der Waals surface area contributed by atoms with Gasteiger partial charge in [-0.2, -0.15) is 0 Å². The third kappa shape index (κ3) is 4.96. The summed E-state index contributed by atoms with van der Waals surface area (Å²) >= 11 is 0. The van der Waals surface area contributed by atoms with Crippen LogP contribution < -0.4 is 11.1 Å². The van der Waals surface area contributed by atoms with E-state index in [-0.39, 0.29) is 16.9 Å². The minimum atomic E-state index is -0.868. The predicted octanol–water partition coefficient (Wildman–Crippen LogP) is 5.00. The SMILES string of the molecule is C/C(=N\OC(=O)N(CCN)CCC1NCCC1F)[C@H]1CC[C@H]2[C@@H]3CCC4=CC(=O)CC[C@]4(C)[C@H]3CC[C@]12C. The van der Waals surface area contributed by atoms with Gasteiger partial charge in [0, 0.05) is 38.0 Å². The molecule has 5 aliphatic rings. The highest BCUT2D eigenvalue weighted by molar-refractivity contribution is 5.91. The maximum Gasteiger partial charge on any atom is 0.436 e. The molecule has 5 rings (SSSR count). The molecule has 0 aromatic carbocycles. The summed E-state index contributed by atoms with van der Waals surface area (Å²) in [6.45, 7) is 8.64. The number of rotatable bonds is 7. The maximum atomic E-state index is 14.0. The van der Waals surface area contributed by atoms with Crippen LogP contribution in [0.5, 0.6) is 0 Å². The van der Waals surface area contributed by atoms with Crippen molar-refractivity contribution in [1.82, 2.24) is 10.2 Å². The molecule has 1 aliphatic heterocycles. The van der Waals surface area contributed by atoms with E-state index in [1.165, 1.54) is 24.8 Å². The summed E-state index contributed by atoms with van der Waals surface area (Å²) in [5, 5.41) is 7.55. The summed E-state index contributed by atoms with van der Waals surface area (Å²) in [4.78, 5) is 32.0. The van der Waals surface area contributed by atoms with Crippen molar-refractivity contribution < 1.29 is 18.8 Å². The average Bonchev–Trinajstić information content (AvgIpc) is 3.47. The van der Waals surface area contributed by atoms with E-state index in [2.05, 4.69) is 24.3 Å². The minimum Gasteiger partial charge on any atom is -0.329 e. The van der Waals surface area contributed by atoms with Crippen molar-refractivity contribution in [3.8, 4) is 0 Å². The van der Waals surface area contributed by atoms with E-state index in [0.29, 0.717) is 74.9 Å². The van der Waals surface area contributed by atoms with Gasteiger partial charge < -0.3 is 16.0 Å². The summed E-state index contributed by atoms with van der Waals surface area (Å²) in [6, 6.07) is -0.221. The molecule has 0 aromatic heterocycles.